The molecule has 0 saturated carbocycles. The van der Waals surface area contributed by atoms with Gasteiger partial charge in [-0.1, -0.05) is 36.4 Å². The van der Waals surface area contributed by atoms with Crippen molar-refractivity contribution in [3.8, 4) is 0 Å². The van der Waals surface area contributed by atoms with Crippen LogP contribution in [0, 0.1) is 0 Å². The quantitative estimate of drug-likeness (QED) is 0.595. The van der Waals surface area contributed by atoms with Crippen LogP contribution in [0.4, 0.5) is 17.1 Å². The Balaban J connectivity index is 1.55. The highest BCUT2D eigenvalue weighted by molar-refractivity contribution is 6.13. The average molecular weight is 389 g/mol. The number of nitrogens with one attached hydrogen (secondary N) is 3. The zero-order chi connectivity index (χ0) is 20.4. The van der Waals surface area contributed by atoms with Gasteiger partial charge in [0, 0.05) is 11.1 Å². The van der Waals surface area contributed by atoms with Crippen molar-refractivity contribution in [3.63, 3.8) is 0 Å². The first-order valence-electron chi connectivity index (χ1n) is 9.13. The smallest absolute Gasteiger partial charge is 0.339 e. The molecule has 4 rings (SSSR count). The van der Waals surface area contributed by atoms with Crippen LogP contribution in [-0.4, -0.2) is 30.9 Å². The Hall–Kier alpha value is -3.87. The van der Waals surface area contributed by atoms with Gasteiger partial charge in [0.05, 0.1) is 30.5 Å². The lowest BCUT2D eigenvalue weighted by Crippen LogP contribution is -2.36. The summed E-state index contributed by atoms with van der Waals surface area (Å²) in [6.45, 7) is 0. The van der Waals surface area contributed by atoms with Crippen LogP contribution in [0.5, 0.6) is 0 Å². The number of anilines is 3. The van der Waals surface area contributed by atoms with Crippen molar-refractivity contribution in [3.05, 3.63) is 66.2 Å². The Labute approximate surface area is 167 Å². The summed E-state index contributed by atoms with van der Waals surface area (Å²) in [5, 5.41) is 10.7. The maximum absolute atomic E-state index is 12.7. The zero-order valence-corrected chi connectivity index (χ0v) is 15.7. The maximum Gasteiger partial charge on any atom is 0.339 e. The van der Waals surface area contributed by atoms with Gasteiger partial charge in [-0.25, -0.2) is 4.79 Å². The molecule has 2 amide bonds. The highest BCUT2D eigenvalue weighted by Crippen LogP contribution is 2.33. The Morgan fingerprint density at radius 3 is 2.48 bits per heavy atom. The summed E-state index contributed by atoms with van der Waals surface area (Å²) in [6, 6.07) is 17.2. The topological polar surface area (TPSA) is 96.5 Å². The number of amides is 2. The lowest BCUT2D eigenvalue weighted by molar-refractivity contribution is -0.121. The number of hydrogen-bond acceptors (Lipinski definition) is 5. The van der Waals surface area contributed by atoms with Crippen LogP contribution < -0.4 is 16.0 Å². The molecular formula is C22H19N3O4. The number of benzene rings is 3. The summed E-state index contributed by atoms with van der Waals surface area (Å²) in [5.41, 5.74) is 2.07. The molecule has 0 spiro atoms. The van der Waals surface area contributed by atoms with Crippen molar-refractivity contribution in [1.29, 1.82) is 0 Å². The van der Waals surface area contributed by atoms with E-state index < -0.39 is 17.9 Å². The Kier molecular flexibility index (Phi) is 4.87. The van der Waals surface area contributed by atoms with E-state index in [2.05, 4.69) is 16.0 Å². The molecule has 0 fully saturated rings. The molecule has 0 aromatic heterocycles. The van der Waals surface area contributed by atoms with Gasteiger partial charge in [0.2, 0.25) is 11.8 Å². The van der Waals surface area contributed by atoms with Gasteiger partial charge >= 0.3 is 5.97 Å². The van der Waals surface area contributed by atoms with E-state index in [1.807, 2.05) is 36.4 Å². The molecule has 3 aromatic rings. The first kappa shape index (κ1) is 18.5. The third-order valence-electron chi connectivity index (χ3n) is 4.80. The molecule has 146 valence electrons. The molecule has 0 radical (unpaired) electrons. The molecule has 3 aromatic carbocycles. The van der Waals surface area contributed by atoms with Crippen LogP contribution in [0.2, 0.25) is 0 Å². The second kappa shape index (κ2) is 7.63. The van der Waals surface area contributed by atoms with E-state index >= 15 is 0 Å². The fourth-order valence-corrected chi connectivity index (χ4v) is 3.45. The highest BCUT2D eigenvalue weighted by atomic mass is 16.5. The molecular weight excluding hydrogens is 370 g/mol. The number of carbonyl (C=O) groups excluding carboxylic acids is 3. The minimum absolute atomic E-state index is 0.105. The second-order valence-electron chi connectivity index (χ2n) is 6.68. The normalized spacial score (nSPS) is 15.1. The minimum atomic E-state index is -0.765. The predicted octanol–water partition coefficient (Wildman–Crippen LogP) is 3.39. The molecule has 29 heavy (non-hydrogen) atoms. The Bertz CT molecular complexity index is 1120. The molecule has 3 N–H and O–H groups in total. The number of para-hydroxylation sites is 1. The molecule has 0 bridgehead atoms. The summed E-state index contributed by atoms with van der Waals surface area (Å²) in [6.07, 6.45) is -0.105. The van der Waals surface area contributed by atoms with Crippen molar-refractivity contribution in [2.75, 3.05) is 23.1 Å². The van der Waals surface area contributed by atoms with Gasteiger partial charge < -0.3 is 20.7 Å². The van der Waals surface area contributed by atoms with E-state index in [0.717, 1.165) is 16.5 Å². The number of esters is 1. The standard InChI is InChI=1S/C22H19N3O4/c1-29-22(28)14-8-2-3-9-15(14)24-19(26)12-18-21(27)25-17-11-5-7-13-6-4-10-16(23-18)20(13)17/h2-11,18,23H,12H2,1H3,(H,24,26)(H,25,27)/t18-/m0/s1. The first-order chi connectivity index (χ1) is 14.1. The summed E-state index contributed by atoms with van der Waals surface area (Å²) in [4.78, 5) is 37.2. The van der Waals surface area contributed by atoms with E-state index in [1.54, 1.807) is 24.3 Å². The van der Waals surface area contributed by atoms with E-state index in [-0.39, 0.29) is 17.9 Å². The van der Waals surface area contributed by atoms with Gasteiger partial charge in [-0.2, -0.15) is 0 Å². The molecule has 0 unspecified atom stereocenters. The van der Waals surface area contributed by atoms with Gasteiger partial charge in [0.15, 0.2) is 0 Å². The molecule has 1 atom stereocenters. The van der Waals surface area contributed by atoms with E-state index in [1.165, 1.54) is 7.11 Å². The molecule has 1 aliphatic heterocycles. The van der Waals surface area contributed by atoms with Gasteiger partial charge in [-0.15, -0.1) is 0 Å². The van der Waals surface area contributed by atoms with Crippen molar-refractivity contribution in [1.82, 2.24) is 0 Å². The molecule has 1 heterocycles. The number of hydrogen-bond donors (Lipinski definition) is 3. The predicted molar refractivity (Wildman–Crippen MR) is 111 cm³/mol. The fraction of sp³-hybridized carbons (Fsp3) is 0.136. The lowest BCUT2D eigenvalue weighted by atomic mass is 10.1. The van der Waals surface area contributed by atoms with Crippen molar-refractivity contribution in [2.45, 2.75) is 12.5 Å². The summed E-state index contributed by atoms with van der Waals surface area (Å²) in [5.74, 6) is -1.24. The monoisotopic (exact) mass is 389 g/mol. The van der Waals surface area contributed by atoms with Gasteiger partial charge in [0.1, 0.15) is 6.04 Å². The largest absolute Gasteiger partial charge is 0.465 e. The van der Waals surface area contributed by atoms with Gasteiger partial charge in [0.25, 0.3) is 0 Å². The van der Waals surface area contributed by atoms with Crippen LogP contribution in [-0.2, 0) is 14.3 Å². The number of methoxy groups -OCH3 is 1. The van der Waals surface area contributed by atoms with Crippen LogP contribution in [0.3, 0.4) is 0 Å². The minimum Gasteiger partial charge on any atom is -0.465 e. The summed E-state index contributed by atoms with van der Waals surface area (Å²) in [7, 11) is 1.28. The molecule has 0 saturated heterocycles. The lowest BCUT2D eigenvalue weighted by Gasteiger charge is -2.17. The van der Waals surface area contributed by atoms with E-state index in [4.69, 9.17) is 4.74 Å². The Morgan fingerprint density at radius 2 is 1.72 bits per heavy atom. The third-order valence-corrected chi connectivity index (χ3v) is 4.80. The SMILES string of the molecule is COC(=O)c1ccccc1NC(=O)C[C@@H]1Nc2cccc3cccc(c23)NC1=O. The molecule has 0 aliphatic carbocycles. The third kappa shape index (κ3) is 3.62. The second-order valence-corrected chi connectivity index (χ2v) is 6.68. The van der Waals surface area contributed by atoms with Crippen molar-refractivity contribution in [2.24, 2.45) is 0 Å². The summed E-state index contributed by atoms with van der Waals surface area (Å²) < 4.78 is 4.74. The van der Waals surface area contributed by atoms with Crippen LogP contribution in [0.15, 0.2) is 60.7 Å². The fourth-order valence-electron chi connectivity index (χ4n) is 3.45. The maximum atomic E-state index is 12.7. The van der Waals surface area contributed by atoms with Gasteiger partial charge in [-0.3, -0.25) is 9.59 Å². The first-order valence-corrected chi connectivity index (χ1v) is 9.13. The molecule has 1 aliphatic rings. The van der Waals surface area contributed by atoms with E-state index in [0.29, 0.717) is 11.4 Å². The van der Waals surface area contributed by atoms with Crippen LogP contribution >= 0.6 is 0 Å². The van der Waals surface area contributed by atoms with Crippen molar-refractivity contribution < 1.29 is 19.1 Å². The Morgan fingerprint density at radius 1 is 1.00 bits per heavy atom. The van der Waals surface area contributed by atoms with Gasteiger partial charge in [-0.05, 0) is 29.7 Å². The van der Waals surface area contributed by atoms with E-state index in [9.17, 15) is 14.4 Å². The van der Waals surface area contributed by atoms with Crippen LogP contribution in [0.25, 0.3) is 10.8 Å². The molecule has 7 nitrogen and oxygen atoms in total. The number of ether oxygens (including phenoxy) is 1. The molecule has 7 heteroatoms. The zero-order valence-electron chi connectivity index (χ0n) is 15.7. The highest BCUT2D eigenvalue weighted by Gasteiger charge is 2.27. The average Bonchev–Trinajstić information content (AvgIpc) is 2.86. The van der Waals surface area contributed by atoms with Crippen LogP contribution in [0.1, 0.15) is 16.8 Å². The number of carbonyl (C=O) groups is 3. The number of rotatable bonds is 4. The summed E-state index contributed by atoms with van der Waals surface area (Å²) >= 11 is 0. The van der Waals surface area contributed by atoms with Crippen molar-refractivity contribution >= 4 is 45.6 Å².